The first-order valence-electron chi connectivity index (χ1n) is 11.8. The molecule has 0 bridgehead atoms. The molecule has 4 rings (SSSR count). The zero-order chi connectivity index (χ0) is 27.6. The molecule has 200 valence electrons. The molecule has 8 nitrogen and oxygen atoms in total. The highest BCUT2D eigenvalue weighted by atomic mass is 79.9. The number of esters is 2. The van der Waals surface area contributed by atoms with Crippen LogP contribution in [0.15, 0.2) is 63.6 Å². The van der Waals surface area contributed by atoms with E-state index in [0.717, 1.165) is 15.6 Å². The fourth-order valence-corrected chi connectivity index (χ4v) is 6.81. The summed E-state index contributed by atoms with van der Waals surface area (Å²) >= 11 is 4.86. The van der Waals surface area contributed by atoms with Crippen molar-refractivity contribution in [2.75, 3.05) is 28.4 Å². The Morgan fingerprint density at radius 1 is 1.03 bits per heavy atom. The largest absolute Gasteiger partial charge is 0.496 e. The van der Waals surface area contributed by atoms with E-state index in [1.807, 2.05) is 55.6 Å². The summed E-state index contributed by atoms with van der Waals surface area (Å²) in [5, 5.41) is 5.71. The molecule has 0 fully saturated rings. The number of ether oxygens (including phenoxy) is 4. The van der Waals surface area contributed by atoms with Crippen LogP contribution in [0.25, 0.3) is 11.3 Å². The lowest BCUT2D eigenvalue weighted by Gasteiger charge is -2.46. The molecule has 1 N–H and O–H groups in total. The number of benzene rings is 2. The van der Waals surface area contributed by atoms with Crippen molar-refractivity contribution in [1.82, 2.24) is 10.3 Å². The van der Waals surface area contributed by atoms with Crippen molar-refractivity contribution >= 4 is 39.2 Å². The second-order valence-corrected chi connectivity index (χ2v) is 10.5. The summed E-state index contributed by atoms with van der Waals surface area (Å²) in [6, 6.07) is 12.6. The van der Waals surface area contributed by atoms with E-state index in [9.17, 15) is 9.59 Å². The van der Waals surface area contributed by atoms with E-state index in [2.05, 4.69) is 21.2 Å². The van der Waals surface area contributed by atoms with Crippen molar-refractivity contribution in [1.29, 1.82) is 0 Å². The number of methoxy groups -OCH3 is 4. The van der Waals surface area contributed by atoms with Crippen LogP contribution < -0.4 is 14.8 Å². The maximum atomic E-state index is 13.9. The van der Waals surface area contributed by atoms with Crippen LogP contribution in [0.3, 0.4) is 0 Å². The SMILES string of the molecule is COC(=O)C1=C(C)NC(C)C(C(=O)OC)(c2nc(-c3cc(Br)c(OC)cc3OC)cs2)C1c1ccccc1. The summed E-state index contributed by atoms with van der Waals surface area (Å²) in [6.45, 7) is 3.71. The molecule has 10 heteroatoms. The van der Waals surface area contributed by atoms with Crippen LogP contribution in [0.1, 0.15) is 30.3 Å². The fraction of sp³-hybridized carbons (Fsp3) is 0.321. The van der Waals surface area contributed by atoms with Crippen molar-refractivity contribution in [3.63, 3.8) is 0 Å². The van der Waals surface area contributed by atoms with Crippen LogP contribution in [0.2, 0.25) is 0 Å². The van der Waals surface area contributed by atoms with Crippen LogP contribution in [0.5, 0.6) is 11.5 Å². The highest BCUT2D eigenvalue weighted by Crippen LogP contribution is 2.52. The van der Waals surface area contributed by atoms with Crippen molar-refractivity contribution in [2.24, 2.45) is 0 Å². The van der Waals surface area contributed by atoms with Gasteiger partial charge in [0.15, 0.2) is 5.41 Å². The predicted octanol–water partition coefficient (Wildman–Crippen LogP) is 5.22. The Balaban J connectivity index is 2.01. The summed E-state index contributed by atoms with van der Waals surface area (Å²) in [7, 11) is 5.83. The fourth-order valence-electron chi connectivity index (χ4n) is 5.17. The van der Waals surface area contributed by atoms with E-state index in [0.29, 0.717) is 33.5 Å². The first-order chi connectivity index (χ1) is 18.2. The predicted molar refractivity (Wildman–Crippen MR) is 149 cm³/mol. The average Bonchev–Trinajstić information content (AvgIpc) is 3.42. The van der Waals surface area contributed by atoms with Crippen LogP contribution in [-0.2, 0) is 24.5 Å². The Kier molecular flexibility index (Phi) is 8.13. The lowest BCUT2D eigenvalue weighted by atomic mass is 9.62. The Labute approximate surface area is 234 Å². The topological polar surface area (TPSA) is 96.0 Å². The molecule has 1 aliphatic heterocycles. The molecule has 3 aromatic rings. The van der Waals surface area contributed by atoms with Gasteiger partial charge in [0.2, 0.25) is 0 Å². The van der Waals surface area contributed by atoms with Gasteiger partial charge in [0, 0.05) is 34.7 Å². The number of hydrogen-bond acceptors (Lipinski definition) is 9. The van der Waals surface area contributed by atoms with Gasteiger partial charge in [-0.15, -0.1) is 11.3 Å². The maximum absolute atomic E-state index is 13.9. The van der Waals surface area contributed by atoms with Crippen molar-refractivity contribution in [3.05, 3.63) is 74.2 Å². The van der Waals surface area contributed by atoms with Crippen LogP contribution >= 0.6 is 27.3 Å². The number of rotatable bonds is 7. The minimum Gasteiger partial charge on any atom is -0.496 e. The second kappa shape index (κ2) is 11.2. The summed E-state index contributed by atoms with van der Waals surface area (Å²) in [5.41, 5.74) is 1.71. The van der Waals surface area contributed by atoms with Gasteiger partial charge in [-0.3, -0.25) is 4.79 Å². The molecule has 0 amide bonds. The minimum atomic E-state index is -1.38. The third-order valence-corrected chi connectivity index (χ3v) is 8.55. The second-order valence-electron chi connectivity index (χ2n) is 8.83. The first kappa shape index (κ1) is 27.7. The normalized spacial score (nSPS) is 20.9. The number of nitrogens with zero attached hydrogens (tertiary/aromatic N) is 1. The Hall–Kier alpha value is -3.37. The van der Waals surface area contributed by atoms with E-state index in [1.165, 1.54) is 25.6 Å². The summed E-state index contributed by atoms with van der Waals surface area (Å²) in [4.78, 5) is 32.1. The van der Waals surface area contributed by atoms with E-state index in [4.69, 9.17) is 23.9 Å². The van der Waals surface area contributed by atoms with Gasteiger partial charge in [0.25, 0.3) is 0 Å². The lowest BCUT2D eigenvalue weighted by molar-refractivity contribution is -0.150. The molecular formula is C28H29BrN2O6S. The summed E-state index contributed by atoms with van der Waals surface area (Å²) < 4.78 is 22.4. The van der Waals surface area contributed by atoms with Gasteiger partial charge < -0.3 is 24.3 Å². The molecule has 0 saturated heterocycles. The molecule has 0 aliphatic carbocycles. The Morgan fingerprint density at radius 2 is 1.71 bits per heavy atom. The third-order valence-electron chi connectivity index (χ3n) is 6.93. The van der Waals surface area contributed by atoms with Crippen molar-refractivity contribution in [3.8, 4) is 22.8 Å². The Bertz CT molecular complexity index is 1390. The molecule has 0 spiro atoms. The zero-order valence-electron chi connectivity index (χ0n) is 22.0. The maximum Gasteiger partial charge on any atom is 0.336 e. The number of carbonyl (C=O) groups excluding carboxylic acids is 2. The smallest absolute Gasteiger partial charge is 0.336 e. The van der Waals surface area contributed by atoms with E-state index >= 15 is 0 Å². The zero-order valence-corrected chi connectivity index (χ0v) is 24.4. The van der Waals surface area contributed by atoms with Gasteiger partial charge in [-0.1, -0.05) is 30.3 Å². The molecule has 2 aromatic carbocycles. The quantitative estimate of drug-likeness (QED) is 0.369. The average molecular weight is 602 g/mol. The van der Waals surface area contributed by atoms with E-state index in [1.54, 1.807) is 20.3 Å². The van der Waals surface area contributed by atoms with Crippen LogP contribution in [0.4, 0.5) is 0 Å². The van der Waals surface area contributed by atoms with Gasteiger partial charge in [0.05, 0.1) is 44.2 Å². The van der Waals surface area contributed by atoms with Gasteiger partial charge in [-0.25, -0.2) is 9.78 Å². The molecule has 38 heavy (non-hydrogen) atoms. The minimum absolute atomic E-state index is 0.351. The third kappa shape index (κ3) is 4.45. The molecular weight excluding hydrogens is 572 g/mol. The van der Waals surface area contributed by atoms with Gasteiger partial charge in [0.1, 0.15) is 16.5 Å². The summed E-state index contributed by atoms with van der Waals surface area (Å²) in [5.74, 6) is -0.576. The number of hydrogen-bond donors (Lipinski definition) is 1. The molecule has 0 saturated carbocycles. The number of carbonyl (C=O) groups is 2. The van der Waals surface area contributed by atoms with Gasteiger partial charge in [-0.2, -0.15) is 0 Å². The first-order valence-corrected chi connectivity index (χ1v) is 13.5. The number of allylic oxidation sites excluding steroid dienone is 1. The Morgan fingerprint density at radius 3 is 2.32 bits per heavy atom. The number of halogens is 1. The van der Waals surface area contributed by atoms with Crippen LogP contribution in [-0.4, -0.2) is 51.4 Å². The highest BCUT2D eigenvalue weighted by Gasteiger charge is 2.60. The van der Waals surface area contributed by atoms with E-state index in [-0.39, 0.29) is 0 Å². The van der Waals surface area contributed by atoms with Crippen LogP contribution in [0, 0.1) is 0 Å². The molecule has 2 heterocycles. The highest BCUT2D eigenvalue weighted by molar-refractivity contribution is 9.10. The number of thiazole rings is 1. The number of aromatic nitrogens is 1. The van der Waals surface area contributed by atoms with Gasteiger partial charge >= 0.3 is 11.9 Å². The van der Waals surface area contributed by atoms with Gasteiger partial charge in [-0.05, 0) is 41.4 Å². The van der Waals surface area contributed by atoms with E-state index < -0.39 is 29.3 Å². The lowest BCUT2D eigenvalue weighted by Crippen LogP contribution is -2.60. The van der Waals surface area contributed by atoms with Crippen molar-refractivity contribution in [2.45, 2.75) is 31.2 Å². The molecule has 3 atom stereocenters. The molecule has 3 unspecified atom stereocenters. The standard InChI is InChI=1S/C28H29BrN2O6S/c1-15-23(25(32)36-5)24(17-10-8-7-9-11-17)28(16(2)30-15,27(33)37-6)26-31-20(14-38-26)18-12-19(29)22(35-4)13-21(18)34-3/h7-14,16,24,30H,1-6H3. The van der Waals surface area contributed by atoms with Crippen molar-refractivity contribution < 1.29 is 28.5 Å². The monoisotopic (exact) mass is 600 g/mol. The number of nitrogens with one attached hydrogen (secondary N) is 1. The summed E-state index contributed by atoms with van der Waals surface area (Å²) in [6.07, 6.45) is 0. The molecule has 0 radical (unpaired) electrons. The molecule has 1 aromatic heterocycles. The molecule has 1 aliphatic rings.